The third-order valence-electron chi connectivity index (χ3n) is 6.72. The zero-order valence-corrected chi connectivity index (χ0v) is 19.6. The minimum atomic E-state index is -0.255. The van der Waals surface area contributed by atoms with Crippen LogP contribution in [0.25, 0.3) is 10.8 Å². The van der Waals surface area contributed by atoms with E-state index in [9.17, 15) is 14.0 Å². The van der Waals surface area contributed by atoms with E-state index in [1.165, 1.54) is 12.1 Å². The smallest absolute Gasteiger partial charge is 0.272 e. The Morgan fingerprint density at radius 3 is 2.34 bits per heavy atom. The van der Waals surface area contributed by atoms with Crippen LogP contribution in [0.5, 0.6) is 0 Å². The first-order valence-corrected chi connectivity index (χ1v) is 12.2. The molecule has 5 rings (SSSR count). The lowest BCUT2D eigenvalue weighted by Crippen LogP contribution is -2.47. The van der Waals surface area contributed by atoms with Gasteiger partial charge in [0.25, 0.3) is 5.91 Å². The van der Waals surface area contributed by atoms with Gasteiger partial charge in [0, 0.05) is 68.7 Å². The summed E-state index contributed by atoms with van der Waals surface area (Å²) in [6.07, 6.45) is 2.25. The van der Waals surface area contributed by atoms with Gasteiger partial charge in [-0.15, -0.1) is 10.2 Å². The zero-order valence-electron chi connectivity index (χ0n) is 19.6. The van der Waals surface area contributed by atoms with E-state index >= 15 is 0 Å². The van der Waals surface area contributed by atoms with E-state index in [1.54, 1.807) is 12.1 Å². The van der Waals surface area contributed by atoms with E-state index in [1.807, 2.05) is 29.2 Å². The lowest BCUT2D eigenvalue weighted by atomic mass is 10.1. The zero-order chi connectivity index (χ0) is 24.2. The monoisotopic (exact) mass is 476 g/mol. The summed E-state index contributed by atoms with van der Waals surface area (Å²) in [4.78, 5) is 30.9. The highest BCUT2D eigenvalue weighted by Gasteiger charge is 2.23. The molecule has 1 N–H and O–H groups in total. The summed E-state index contributed by atoms with van der Waals surface area (Å²) in [5, 5.41) is 13.4. The fourth-order valence-corrected chi connectivity index (χ4v) is 4.82. The third-order valence-corrected chi connectivity index (χ3v) is 6.72. The fraction of sp³-hybridized carbons (Fsp3) is 0.385. The molecule has 1 aromatic heterocycles. The maximum Gasteiger partial charge on any atom is 0.272 e. The van der Waals surface area contributed by atoms with Gasteiger partial charge in [-0.3, -0.25) is 9.59 Å². The quantitative estimate of drug-likeness (QED) is 0.528. The molecule has 2 amide bonds. The Kier molecular flexibility index (Phi) is 6.74. The molecule has 3 heterocycles. The summed E-state index contributed by atoms with van der Waals surface area (Å²) >= 11 is 0. The van der Waals surface area contributed by atoms with Crippen LogP contribution in [0.15, 0.2) is 48.5 Å². The molecule has 9 heteroatoms. The molecule has 0 radical (unpaired) electrons. The maximum atomic E-state index is 13.3. The van der Waals surface area contributed by atoms with Crippen LogP contribution in [0.4, 0.5) is 15.9 Å². The van der Waals surface area contributed by atoms with Gasteiger partial charge in [0.1, 0.15) is 5.82 Å². The SMILES string of the molecule is O=C(NCCCN1CCCC1=O)c1nnc(N2CCN(c3ccc(F)cc3)CC2)c2ccccc12. The van der Waals surface area contributed by atoms with Crippen molar-refractivity contribution in [1.82, 2.24) is 20.4 Å². The molecule has 0 atom stereocenters. The number of aromatic nitrogens is 2. The highest BCUT2D eigenvalue weighted by atomic mass is 19.1. The lowest BCUT2D eigenvalue weighted by Gasteiger charge is -2.37. The minimum absolute atomic E-state index is 0.197. The van der Waals surface area contributed by atoms with Gasteiger partial charge in [-0.25, -0.2) is 4.39 Å². The molecular formula is C26H29FN6O2. The van der Waals surface area contributed by atoms with E-state index in [0.717, 1.165) is 61.4 Å². The number of hydrogen-bond acceptors (Lipinski definition) is 6. The normalized spacial score (nSPS) is 16.3. The van der Waals surface area contributed by atoms with E-state index in [4.69, 9.17) is 0 Å². The molecule has 0 saturated carbocycles. The number of carbonyl (C=O) groups excluding carboxylic acids is 2. The summed E-state index contributed by atoms with van der Waals surface area (Å²) in [5.41, 5.74) is 1.31. The highest BCUT2D eigenvalue weighted by Crippen LogP contribution is 2.27. The van der Waals surface area contributed by atoms with Gasteiger partial charge in [0.15, 0.2) is 11.5 Å². The summed E-state index contributed by atoms with van der Waals surface area (Å²) in [6.45, 7) is 5.00. The van der Waals surface area contributed by atoms with Crippen LogP contribution in [-0.2, 0) is 4.79 Å². The number of rotatable bonds is 7. The van der Waals surface area contributed by atoms with Crippen molar-refractivity contribution in [3.8, 4) is 0 Å². The van der Waals surface area contributed by atoms with Gasteiger partial charge >= 0.3 is 0 Å². The van der Waals surface area contributed by atoms with E-state index in [-0.39, 0.29) is 17.6 Å². The second-order valence-electron chi connectivity index (χ2n) is 8.96. The number of hydrogen-bond donors (Lipinski definition) is 1. The number of likely N-dealkylation sites (tertiary alicyclic amines) is 1. The Balaban J connectivity index is 1.24. The van der Waals surface area contributed by atoms with Crippen molar-refractivity contribution in [1.29, 1.82) is 0 Å². The molecule has 2 fully saturated rings. The van der Waals surface area contributed by atoms with Crippen LogP contribution in [0.2, 0.25) is 0 Å². The van der Waals surface area contributed by atoms with Gasteiger partial charge in [0.2, 0.25) is 5.91 Å². The highest BCUT2D eigenvalue weighted by molar-refractivity contribution is 6.07. The molecule has 35 heavy (non-hydrogen) atoms. The molecule has 0 aliphatic carbocycles. The third kappa shape index (κ3) is 5.03. The molecule has 0 bridgehead atoms. The number of halogens is 1. The van der Waals surface area contributed by atoms with E-state index < -0.39 is 0 Å². The van der Waals surface area contributed by atoms with Crippen molar-refractivity contribution in [3.05, 3.63) is 60.0 Å². The number of carbonyl (C=O) groups is 2. The largest absolute Gasteiger partial charge is 0.368 e. The molecule has 2 aromatic carbocycles. The van der Waals surface area contributed by atoms with Crippen molar-refractivity contribution in [2.24, 2.45) is 0 Å². The second kappa shape index (κ2) is 10.2. The van der Waals surface area contributed by atoms with Gasteiger partial charge in [-0.05, 0) is 37.1 Å². The fourth-order valence-electron chi connectivity index (χ4n) is 4.82. The van der Waals surface area contributed by atoms with Crippen molar-refractivity contribution < 1.29 is 14.0 Å². The van der Waals surface area contributed by atoms with Crippen LogP contribution < -0.4 is 15.1 Å². The van der Waals surface area contributed by atoms with Crippen molar-refractivity contribution in [2.75, 3.05) is 55.6 Å². The lowest BCUT2D eigenvalue weighted by molar-refractivity contribution is -0.127. The minimum Gasteiger partial charge on any atom is -0.368 e. The standard InChI is InChI=1S/C26H29FN6O2/c27-19-8-10-20(11-9-19)31-15-17-33(18-16-31)25-22-6-2-1-5-21(22)24(29-30-25)26(35)28-12-4-14-32-13-3-7-23(32)34/h1-2,5-6,8-11H,3-4,7,12-18H2,(H,28,35). The Bertz CT molecular complexity index is 1210. The van der Waals surface area contributed by atoms with Crippen LogP contribution in [0, 0.1) is 5.82 Å². The van der Waals surface area contributed by atoms with Crippen molar-refractivity contribution in [2.45, 2.75) is 19.3 Å². The first-order chi connectivity index (χ1) is 17.1. The van der Waals surface area contributed by atoms with Gasteiger partial charge < -0.3 is 20.0 Å². The summed E-state index contributed by atoms with van der Waals surface area (Å²) in [5.74, 6) is 0.472. The average Bonchev–Trinajstić information content (AvgIpc) is 3.31. The van der Waals surface area contributed by atoms with Crippen molar-refractivity contribution >= 4 is 34.1 Å². The maximum absolute atomic E-state index is 13.3. The Hall–Kier alpha value is -3.75. The molecule has 182 valence electrons. The van der Waals surface area contributed by atoms with Crippen LogP contribution in [-0.4, -0.2) is 72.7 Å². The molecule has 0 spiro atoms. The number of anilines is 2. The van der Waals surface area contributed by atoms with Gasteiger partial charge in [-0.2, -0.15) is 0 Å². The summed E-state index contributed by atoms with van der Waals surface area (Å²) in [6, 6.07) is 14.3. The molecular weight excluding hydrogens is 447 g/mol. The van der Waals surface area contributed by atoms with Gasteiger partial charge in [0.05, 0.1) is 0 Å². The van der Waals surface area contributed by atoms with Crippen LogP contribution >= 0.6 is 0 Å². The second-order valence-corrected chi connectivity index (χ2v) is 8.96. The van der Waals surface area contributed by atoms with E-state index in [2.05, 4.69) is 25.3 Å². The first kappa shape index (κ1) is 23.0. The number of nitrogens with one attached hydrogen (secondary N) is 1. The topological polar surface area (TPSA) is 81.7 Å². The number of fused-ring (bicyclic) bond motifs is 1. The Morgan fingerprint density at radius 1 is 0.914 bits per heavy atom. The molecule has 2 saturated heterocycles. The van der Waals surface area contributed by atoms with Gasteiger partial charge in [-0.1, -0.05) is 24.3 Å². The van der Waals surface area contributed by atoms with E-state index in [0.29, 0.717) is 31.6 Å². The molecule has 3 aromatic rings. The molecule has 2 aliphatic heterocycles. The number of nitrogens with zero attached hydrogens (tertiary/aromatic N) is 5. The predicted octanol–water partition coefficient (Wildman–Crippen LogP) is 2.84. The first-order valence-electron chi connectivity index (χ1n) is 12.2. The number of piperazine rings is 1. The molecule has 0 unspecified atom stereocenters. The Labute approximate surface area is 203 Å². The predicted molar refractivity (Wildman–Crippen MR) is 133 cm³/mol. The van der Waals surface area contributed by atoms with Crippen LogP contribution in [0.1, 0.15) is 29.8 Å². The van der Waals surface area contributed by atoms with Crippen LogP contribution in [0.3, 0.4) is 0 Å². The molecule has 8 nitrogen and oxygen atoms in total. The van der Waals surface area contributed by atoms with Crippen molar-refractivity contribution in [3.63, 3.8) is 0 Å². The summed E-state index contributed by atoms with van der Waals surface area (Å²) < 4.78 is 13.3. The number of benzene rings is 2. The Morgan fingerprint density at radius 2 is 1.63 bits per heavy atom. The average molecular weight is 477 g/mol. The number of amides is 2. The summed E-state index contributed by atoms with van der Waals surface area (Å²) in [7, 11) is 0. The molecule has 2 aliphatic rings.